The number of piperidine rings is 1. The summed E-state index contributed by atoms with van der Waals surface area (Å²) in [6.45, 7) is 2.88. The van der Waals surface area contributed by atoms with Gasteiger partial charge < -0.3 is 10.0 Å². The molecule has 0 aliphatic carbocycles. The fraction of sp³-hybridized carbons (Fsp3) is 0.500. The van der Waals surface area contributed by atoms with Crippen LogP contribution in [0.2, 0.25) is 0 Å². The van der Waals surface area contributed by atoms with E-state index < -0.39 is 6.09 Å². The highest BCUT2D eigenvalue weighted by atomic mass is 79.9. The first-order valence-corrected chi connectivity index (χ1v) is 7.38. The van der Waals surface area contributed by atoms with Gasteiger partial charge in [0.1, 0.15) is 0 Å². The average molecular weight is 332 g/mol. The molecule has 18 heavy (non-hydrogen) atoms. The Hall–Kier alpha value is -0.880. The Bertz CT molecular complexity index is 478. The van der Waals surface area contributed by atoms with E-state index in [0.717, 1.165) is 14.2 Å². The summed E-state index contributed by atoms with van der Waals surface area (Å²) >= 11 is 4.90. The Morgan fingerprint density at radius 2 is 2.06 bits per heavy atom. The number of carboxylic acid groups (broad SMARTS) is 1. The van der Waals surface area contributed by atoms with E-state index in [9.17, 15) is 9.59 Å². The minimum atomic E-state index is -0.894. The van der Waals surface area contributed by atoms with E-state index in [0.29, 0.717) is 25.9 Å². The summed E-state index contributed by atoms with van der Waals surface area (Å²) in [4.78, 5) is 26.4. The fourth-order valence-corrected chi connectivity index (χ4v) is 4.03. The Kier molecular flexibility index (Phi) is 4.07. The van der Waals surface area contributed by atoms with E-state index in [1.165, 1.54) is 16.2 Å². The SMILES string of the molecule is Cc1cc(Br)c(C(=O)C2CCN(C(=O)O)CC2)s1. The zero-order chi connectivity index (χ0) is 13.3. The third-order valence-electron chi connectivity index (χ3n) is 3.17. The lowest BCUT2D eigenvalue weighted by Gasteiger charge is -2.28. The van der Waals surface area contributed by atoms with Crippen LogP contribution in [0.3, 0.4) is 0 Å². The summed E-state index contributed by atoms with van der Waals surface area (Å²) in [6, 6.07) is 1.95. The van der Waals surface area contributed by atoms with E-state index in [1.54, 1.807) is 0 Å². The highest BCUT2D eigenvalue weighted by Gasteiger charge is 2.29. The molecule has 1 saturated heterocycles. The first-order chi connectivity index (χ1) is 8.49. The van der Waals surface area contributed by atoms with Gasteiger partial charge in [0.25, 0.3) is 0 Å². The standard InChI is InChI=1S/C12H14BrNO3S/c1-7-6-9(13)11(18-7)10(15)8-2-4-14(5-3-8)12(16)17/h6,8H,2-5H2,1H3,(H,16,17). The highest BCUT2D eigenvalue weighted by Crippen LogP contribution is 2.31. The number of hydrogen-bond acceptors (Lipinski definition) is 3. The Labute approximate surface area is 118 Å². The van der Waals surface area contributed by atoms with E-state index in [1.807, 2.05) is 13.0 Å². The van der Waals surface area contributed by atoms with Crippen LogP contribution in [0.25, 0.3) is 0 Å². The third-order valence-corrected chi connectivity index (χ3v) is 5.12. The number of rotatable bonds is 2. The normalized spacial score (nSPS) is 16.9. The maximum atomic E-state index is 12.3. The van der Waals surface area contributed by atoms with Crippen LogP contribution in [0.15, 0.2) is 10.5 Å². The lowest BCUT2D eigenvalue weighted by molar-refractivity contribution is 0.0824. The van der Waals surface area contributed by atoms with Crippen LogP contribution in [-0.2, 0) is 0 Å². The second-order valence-corrected chi connectivity index (χ2v) is 6.55. The van der Waals surface area contributed by atoms with E-state index in [4.69, 9.17) is 5.11 Å². The first kappa shape index (κ1) is 13.5. The van der Waals surface area contributed by atoms with Crippen molar-refractivity contribution in [1.82, 2.24) is 4.90 Å². The van der Waals surface area contributed by atoms with Gasteiger partial charge in [0.15, 0.2) is 5.78 Å². The van der Waals surface area contributed by atoms with Gasteiger partial charge in [-0.15, -0.1) is 11.3 Å². The molecule has 0 atom stereocenters. The molecular weight excluding hydrogens is 318 g/mol. The molecule has 1 aromatic rings. The zero-order valence-electron chi connectivity index (χ0n) is 9.98. The molecule has 1 amide bonds. The van der Waals surface area contributed by atoms with Crippen LogP contribution in [0.5, 0.6) is 0 Å². The number of amides is 1. The summed E-state index contributed by atoms with van der Waals surface area (Å²) < 4.78 is 0.857. The molecule has 98 valence electrons. The summed E-state index contributed by atoms with van der Waals surface area (Å²) in [5.74, 6) is 0.0972. The highest BCUT2D eigenvalue weighted by molar-refractivity contribution is 9.10. The molecule has 1 aliphatic rings. The van der Waals surface area contributed by atoms with Gasteiger partial charge in [-0.2, -0.15) is 0 Å². The van der Waals surface area contributed by atoms with Crippen molar-refractivity contribution < 1.29 is 14.7 Å². The van der Waals surface area contributed by atoms with E-state index in [-0.39, 0.29) is 11.7 Å². The summed E-state index contributed by atoms with van der Waals surface area (Å²) in [5.41, 5.74) is 0. The largest absolute Gasteiger partial charge is 0.465 e. The molecule has 0 saturated carbocycles. The minimum Gasteiger partial charge on any atom is -0.465 e. The summed E-state index contributed by atoms with van der Waals surface area (Å²) in [6.07, 6.45) is 0.345. The summed E-state index contributed by atoms with van der Waals surface area (Å²) in [7, 11) is 0. The predicted octanol–water partition coefficient (Wildman–Crippen LogP) is 3.39. The number of likely N-dealkylation sites (tertiary alicyclic amines) is 1. The Morgan fingerprint density at radius 3 is 2.50 bits per heavy atom. The third kappa shape index (κ3) is 2.75. The zero-order valence-corrected chi connectivity index (χ0v) is 12.4. The van der Waals surface area contributed by atoms with Crippen LogP contribution in [0.1, 0.15) is 27.4 Å². The Morgan fingerprint density at radius 1 is 1.44 bits per heavy atom. The quantitative estimate of drug-likeness (QED) is 0.845. The maximum absolute atomic E-state index is 12.3. The number of carbonyl (C=O) groups excluding carboxylic acids is 1. The number of nitrogens with zero attached hydrogens (tertiary/aromatic N) is 1. The lowest BCUT2D eigenvalue weighted by atomic mass is 9.92. The monoisotopic (exact) mass is 331 g/mol. The van der Waals surface area contributed by atoms with Crippen molar-refractivity contribution >= 4 is 39.1 Å². The van der Waals surface area contributed by atoms with Gasteiger partial charge in [0, 0.05) is 28.4 Å². The van der Waals surface area contributed by atoms with Gasteiger partial charge in [-0.1, -0.05) is 0 Å². The number of hydrogen-bond donors (Lipinski definition) is 1. The van der Waals surface area contributed by atoms with Crippen molar-refractivity contribution in [3.63, 3.8) is 0 Å². The van der Waals surface area contributed by atoms with Crippen molar-refractivity contribution in [1.29, 1.82) is 0 Å². The van der Waals surface area contributed by atoms with Crippen LogP contribution in [0.4, 0.5) is 4.79 Å². The van der Waals surface area contributed by atoms with Gasteiger partial charge in [-0.05, 0) is 41.8 Å². The van der Waals surface area contributed by atoms with E-state index in [2.05, 4.69) is 15.9 Å². The molecule has 0 spiro atoms. The van der Waals surface area contributed by atoms with Gasteiger partial charge >= 0.3 is 6.09 Å². The minimum absolute atomic E-state index is 0.0463. The molecule has 1 fully saturated rings. The molecule has 0 aromatic carbocycles. The molecule has 0 bridgehead atoms. The van der Waals surface area contributed by atoms with Crippen LogP contribution in [0, 0.1) is 12.8 Å². The lowest BCUT2D eigenvalue weighted by Crippen LogP contribution is -2.39. The van der Waals surface area contributed by atoms with E-state index >= 15 is 0 Å². The molecule has 2 rings (SSSR count). The van der Waals surface area contributed by atoms with Crippen molar-refractivity contribution in [2.75, 3.05) is 13.1 Å². The van der Waals surface area contributed by atoms with Crippen molar-refractivity contribution in [3.8, 4) is 0 Å². The van der Waals surface area contributed by atoms with Crippen LogP contribution < -0.4 is 0 Å². The van der Waals surface area contributed by atoms with Gasteiger partial charge in [-0.25, -0.2) is 4.79 Å². The van der Waals surface area contributed by atoms with Gasteiger partial charge in [0.05, 0.1) is 4.88 Å². The smallest absolute Gasteiger partial charge is 0.407 e. The summed E-state index contributed by atoms with van der Waals surface area (Å²) in [5, 5.41) is 8.86. The number of halogens is 1. The topological polar surface area (TPSA) is 57.6 Å². The molecule has 1 N–H and O–H groups in total. The first-order valence-electron chi connectivity index (χ1n) is 5.77. The fourth-order valence-electron chi connectivity index (χ4n) is 2.17. The molecule has 4 nitrogen and oxygen atoms in total. The second kappa shape index (κ2) is 5.40. The van der Waals surface area contributed by atoms with Crippen molar-refractivity contribution in [2.45, 2.75) is 19.8 Å². The molecule has 1 aromatic heterocycles. The predicted molar refractivity (Wildman–Crippen MR) is 73.4 cm³/mol. The van der Waals surface area contributed by atoms with Crippen molar-refractivity contribution in [2.24, 2.45) is 5.92 Å². The van der Waals surface area contributed by atoms with Gasteiger partial charge in [0.2, 0.25) is 0 Å². The molecule has 0 unspecified atom stereocenters. The molecular formula is C12H14BrNO3S. The molecule has 6 heteroatoms. The maximum Gasteiger partial charge on any atom is 0.407 e. The van der Waals surface area contributed by atoms with Crippen LogP contribution >= 0.6 is 27.3 Å². The van der Waals surface area contributed by atoms with Crippen LogP contribution in [-0.4, -0.2) is 35.0 Å². The average Bonchev–Trinajstić information content (AvgIpc) is 2.67. The van der Waals surface area contributed by atoms with Gasteiger partial charge in [-0.3, -0.25) is 4.79 Å². The van der Waals surface area contributed by atoms with Crippen molar-refractivity contribution in [3.05, 3.63) is 20.3 Å². The molecule has 2 heterocycles. The second-order valence-electron chi connectivity index (χ2n) is 4.44. The molecule has 1 aliphatic heterocycles. The number of carbonyl (C=O) groups is 2. The number of aryl methyl sites for hydroxylation is 1. The molecule has 0 radical (unpaired) electrons. The number of Topliss-reactive ketones (excluding diaryl/α,β-unsaturated/α-hetero) is 1. The number of ketones is 1. The Balaban J connectivity index is 2.04. The number of thiophene rings is 1.